The zero-order valence-electron chi connectivity index (χ0n) is 28.4. The summed E-state index contributed by atoms with van der Waals surface area (Å²) in [7, 11) is 0. The van der Waals surface area contributed by atoms with Crippen molar-refractivity contribution < 1.29 is 5.48 Å². The second-order valence-corrected chi connectivity index (χ2v) is 12.2. The molecule has 210 valence electrons. The number of fused-ring (bicyclic) bond motifs is 1. The smallest absolute Gasteiger partial charge is 0.0751 e. The molecule has 0 unspecified atom stereocenters. The topological polar surface area (TPSA) is 3.24 Å². The molecule has 7 aromatic carbocycles. The normalized spacial score (nSPS) is 19.3. The molecule has 7 aromatic rings. The van der Waals surface area contributed by atoms with E-state index in [1.165, 1.54) is 22.3 Å². The van der Waals surface area contributed by atoms with Gasteiger partial charge in [-0.3, -0.25) is 0 Å². The number of para-hydroxylation sites is 1. The van der Waals surface area contributed by atoms with Crippen LogP contribution in [0.25, 0.3) is 22.3 Å². The molecule has 1 aliphatic heterocycles. The third-order valence-corrected chi connectivity index (χ3v) is 10.0. The van der Waals surface area contributed by atoms with Gasteiger partial charge in [0.1, 0.15) is 0 Å². The summed E-state index contributed by atoms with van der Waals surface area (Å²) in [6.45, 7) is 0. The maximum Gasteiger partial charge on any atom is 0.0751 e. The lowest BCUT2D eigenvalue weighted by molar-refractivity contribution is 0.622. The van der Waals surface area contributed by atoms with Gasteiger partial charge in [-0.15, -0.1) is 0 Å². The van der Waals surface area contributed by atoms with Gasteiger partial charge >= 0.3 is 0 Å². The van der Waals surface area contributed by atoms with Crippen LogP contribution in [-0.2, 0) is 5.41 Å². The van der Waals surface area contributed by atoms with Crippen LogP contribution < -0.4 is 4.90 Å². The van der Waals surface area contributed by atoms with Crippen molar-refractivity contribution in [1.29, 1.82) is 0 Å². The van der Waals surface area contributed by atoms with E-state index < -0.39 is 5.41 Å². The molecule has 0 radical (unpaired) electrons. The van der Waals surface area contributed by atoms with Crippen LogP contribution in [0.3, 0.4) is 0 Å². The van der Waals surface area contributed by atoms with Crippen LogP contribution in [0.5, 0.6) is 0 Å². The molecule has 1 spiro atoms. The Balaban J connectivity index is 1.26. The van der Waals surface area contributed by atoms with Crippen molar-refractivity contribution in [3.63, 3.8) is 0 Å². The molecular formula is C44H29N. The van der Waals surface area contributed by atoms with Crippen LogP contribution in [0.15, 0.2) is 170 Å². The molecule has 1 heterocycles. The molecule has 3 aliphatic carbocycles. The van der Waals surface area contributed by atoms with Gasteiger partial charge in [0, 0.05) is 11.6 Å². The van der Waals surface area contributed by atoms with E-state index in [0.29, 0.717) is 11.3 Å². The Labute approximate surface area is 269 Å². The first-order valence-electron chi connectivity index (χ1n) is 17.5. The fourth-order valence-electron chi connectivity index (χ4n) is 8.33. The van der Waals surface area contributed by atoms with E-state index >= 15 is 0 Å². The number of rotatable bonds is 3. The summed E-state index contributed by atoms with van der Waals surface area (Å²) in [5.41, 5.74) is 13.3. The molecule has 0 amide bonds. The summed E-state index contributed by atoms with van der Waals surface area (Å²) in [6, 6.07) is 50.2. The molecule has 45 heavy (non-hydrogen) atoms. The molecule has 1 heteroatoms. The van der Waals surface area contributed by atoms with Gasteiger partial charge in [-0.05, 0) is 85.4 Å². The Bertz CT molecular complexity index is 2460. The second-order valence-electron chi connectivity index (χ2n) is 12.2. The second kappa shape index (κ2) is 9.17. The molecule has 1 nitrogen and oxygen atoms in total. The van der Waals surface area contributed by atoms with E-state index in [1.54, 1.807) is 0 Å². The molecule has 0 aromatic heterocycles. The first-order valence-corrected chi connectivity index (χ1v) is 15.5. The van der Waals surface area contributed by atoms with E-state index in [0.717, 1.165) is 44.8 Å². The van der Waals surface area contributed by atoms with Crippen LogP contribution in [-0.4, -0.2) is 0 Å². The number of hydrogen-bond acceptors (Lipinski definition) is 1. The molecule has 0 N–H and O–H groups in total. The minimum atomic E-state index is -0.902. The molecule has 0 fully saturated rings. The molecule has 0 saturated carbocycles. The number of nitrogens with zero attached hydrogens (tertiary/aromatic N) is 1. The highest BCUT2D eigenvalue weighted by Gasteiger charge is 2.56. The van der Waals surface area contributed by atoms with Gasteiger partial charge in [0.15, 0.2) is 0 Å². The van der Waals surface area contributed by atoms with Gasteiger partial charge in [-0.2, -0.15) is 0 Å². The van der Waals surface area contributed by atoms with Crippen LogP contribution in [0.1, 0.15) is 50.3 Å². The van der Waals surface area contributed by atoms with Crippen LogP contribution in [0, 0.1) is 0 Å². The van der Waals surface area contributed by atoms with Gasteiger partial charge in [-0.1, -0.05) is 146 Å². The Kier molecular flexibility index (Phi) is 4.30. The van der Waals surface area contributed by atoms with E-state index in [4.69, 9.17) is 2.74 Å². The lowest BCUT2D eigenvalue weighted by Gasteiger charge is -2.55. The lowest BCUT2D eigenvalue weighted by atomic mass is 9.49. The molecule has 4 aliphatic rings. The molecule has 0 atom stereocenters. The largest absolute Gasteiger partial charge is 0.310 e. The third-order valence-electron chi connectivity index (χ3n) is 10.0. The van der Waals surface area contributed by atoms with Crippen molar-refractivity contribution in [2.45, 2.75) is 11.3 Å². The summed E-state index contributed by atoms with van der Waals surface area (Å²) in [4.78, 5) is 2.09. The highest BCUT2D eigenvalue weighted by atomic mass is 15.2. The summed E-state index contributed by atoms with van der Waals surface area (Å²) in [6.07, 6.45) is 0. The summed E-state index contributed by atoms with van der Waals surface area (Å²) >= 11 is 0. The minimum absolute atomic E-state index is 0.000866. The third kappa shape index (κ3) is 3.22. The van der Waals surface area contributed by atoms with Crippen molar-refractivity contribution in [3.8, 4) is 22.3 Å². The molecule has 11 rings (SSSR count). The first kappa shape index (κ1) is 21.1. The van der Waals surface area contributed by atoms with Crippen molar-refractivity contribution in [2.75, 3.05) is 4.90 Å². The highest BCUT2D eigenvalue weighted by Crippen LogP contribution is 2.67. The lowest BCUT2D eigenvalue weighted by Crippen LogP contribution is -2.46. The van der Waals surface area contributed by atoms with E-state index in [9.17, 15) is 2.74 Å². The number of hydrogen-bond donors (Lipinski definition) is 0. The Morgan fingerprint density at radius 3 is 1.80 bits per heavy atom. The van der Waals surface area contributed by atoms with Crippen LogP contribution >= 0.6 is 0 Å². The fraction of sp³-hybridized carbons (Fsp3) is 0.0455. The van der Waals surface area contributed by atoms with Crippen molar-refractivity contribution in [1.82, 2.24) is 0 Å². The van der Waals surface area contributed by atoms with E-state index in [1.807, 2.05) is 30.3 Å². The minimum Gasteiger partial charge on any atom is -0.310 e. The van der Waals surface area contributed by atoms with Crippen molar-refractivity contribution in [2.24, 2.45) is 0 Å². The maximum absolute atomic E-state index is 9.61. The maximum atomic E-state index is 9.61. The predicted octanol–water partition coefficient (Wildman–Crippen LogP) is 11.0. The predicted molar refractivity (Wildman–Crippen MR) is 185 cm³/mol. The van der Waals surface area contributed by atoms with Crippen molar-refractivity contribution >= 4 is 17.1 Å². The van der Waals surface area contributed by atoms with E-state index in [-0.39, 0.29) is 30.1 Å². The summed E-state index contributed by atoms with van der Waals surface area (Å²) < 4.78 is 37.0. The van der Waals surface area contributed by atoms with Gasteiger partial charge in [0.25, 0.3) is 0 Å². The van der Waals surface area contributed by atoms with Gasteiger partial charge in [-0.25, -0.2) is 0 Å². The Hall–Kier alpha value is -5.66. The van der Waals surface area contributed by atoms with Gasteiger partial charge < -0.3 is 4.90 Å². The average molecular weight is 576 g/mol. The van der Waals surface area contributed by atoms with Crippen LogP contribution in [0.4, 0.5) is 17.1 Å². The standard InChI is InChI=1S/C44H29N/c1-2-12-29(13-3-1)30-24-26-31(27-25-30)32-14-10-15-33(28-32)45-40-22-9-8-21-39(40)44-37-19-6-4-16-34(37)42(35-17-5-7-20-38(35)44)36-18-11-23-41(45)43(36)44/h1-28,42H/i8D,9D,21D,22D. The monoisotopic (exact) mass is 575 g/mol. The fourth-order valence-corrected chi connectivity index (χ4v) is 8.33. The molecule has 0 saturated heterocycles. The summed E-state index contributed by atoms with van der Waals surface area (Å²) in [5.74, 6) is 0.0256. The quantitative estimate of drug-likeness (QED) is 0.203. The number of anilines is 3. The van der Waals surface area contributed by atoms with Crippen LogP contribution in [0.2, 0.25) is 0 Å². The summed E-state index contributed by atoms with van der Waals surface area (Å²) in [5, 5.41) is 0. The first-order chi connectivity index (χ1) is 24.0. The van der Waals surface area contributed by atoms with Gasteiger partial charge in [0.05, 0.1) is 22.3 Å². The highest BCUT2D eigenvalue weighted by molar-refractivity contribution is 5.94. The molecular weight excluding hydrogens is 542 g/mol. The zero-order chi connectivity index (χ0) is 33.0. The average Bonchev–Trinajstić information content (AvgIpc) is 3.16. The Morgan fingerprint density at radius 2 is 1.04 bits per heavy atom. The zero-order valence-corrected chi connectivity index (χ0v) is 24.4. The van der Waals surface area contributed by atoms with E-state index in [2.05, 4.69) is 120 Å². The van der Waals surface area contributed by atoms with Crippen molar-refractivity contribution in [3.05, 3.63) is 209 Å². The van der Waals surface area contributed by atoms with Gasteiger partial charge in [0.2, 0.25) is 0 Å². The SMILES string of the molecule is [2H]c1c([2H])c([2H])c2c(c1[2H])N(c1cccc(-c3ccc(-c4ccccc4)cc3)c1)c1cccc3c1C21c2ccccc2C3c2ccccc21. The Morgan fingerprint density at radius 1 is 0.467 bits per heavy atom. The number of benzene rings is 7. The molecule has 2 bridgehead atoms.